The Labute approximate surface area is 137 Å². The van der Waals surface area contributed by atoms with E-state index < -0.39 is 5.82 Å². The van der Waals surface area contributed by atoms with Crippen molar-refractivity contribution in [2.45, 2.75) is 18.7 Å². The van der Waals surface area contributed by atoms with Crippen LogP contribution < -0.4 is 5.32 Å². The highest BCUT2D eigenvalue weighted by molar-refractivity contribution is 8.00. The molecule has 1 rings (SSSR count). The number of benzene rings is 1. The number of esters is 1. The standard InChI is InChI=1S/C13H15ClFNO3S2/c1-3-18-12(17)7-21-11-6-10(9(15)5-8(11)14)16-13(20)19-4-2/h5-6H,3-4,7H2,1-2H3,(H,16,20). The fourth-order valence-corrected chi connectivity index (χ4v) is 2.65. The topological polar surface area (TPSA) is 47.6 Å². The quantitative estimate of drug-likeness (QED) is 0.477. The zero-order chi connectivity index (χ0) is 15.8. The molecule has 116 valence electrons. The zero-order valence-electron chi connectivity index (χ0n) is 11.6. The minimum absolute atomic E-state index is 0.0695. The van der Waals surface area contributed by atoms with Crippen LogP contribution in [0.1, 0.15) is 13.8 Å². The van der Waals surface area contributed by atoms with Crippen LogP contribution in [0.15, 0.2) is 17.0 Å². The second kappa shape index (κ2) is 9.07. The number of carbonyl (C=O) groups is 1. The molecule has 0 bridgehead atoms. The largest absolute Gasteiger partial charge is 0.471 e. The molecule has 0 atom stereocenters. The van der Waals surface area contributed by atoms with Crippen molar-refractivity contribution >= 4 is 52.4 Å². The Morgan fingerprint density at radius 3 is 2.67 bits per heavy atom. The Morgan fingerprint density at radius 1 is 1.38 bits per heavy atom. The summed E-state index contributed by atoms with van der Waals surface area (Å²) in [4.78, 5) is 11.9. The number of carbonyl (C=O) groups excluding carboxylic acids is 1. The minimum Gasteiger partial charge on any atom is -0.471 e. The molecule has 1 aromatic carbocycles. The lowest BCUT2D eigenvalue weighted by molar-refractivity contribution is -0.139. The number of hydrogen-bond donors (Lipinski definition) is 1. The SMILES string of the molecule is CCOC(=O)CSc1cc(NC(=S)OCC)c(F)cc1Cl. The van der Waals surface area contributed by atoms with Gasteiger partial charge in [-0.3, -0.25) is 4.79 Å². The smallest absolute Gasteiger partial charge is 0.316 e. The summed E-state index contributed by atoms with van der Waals surface area (Å²) in [7, 11) is 0. The molecule has 0 amide bonds. The van der Waals surface area contributed by atoms with E-state index in [4.69, 9.17) is 33.3 Å². The highest BCUT2D eigenvalue weighted by Crippen LogP contribution is 2.32. The van der Waals surface area contributed by atoms with E-state index in [1.165, 1.54) is 6.07 Å². The van der Waals surface area contributed by atoms with E-state index in [1.807, 2.05) is 0 Å². The van der Waals surface area contributed by atoms with E-state index in [0.29, 0.717) is 18.1 Å². The van der Waals surface area contributed by atoms with E-state index in [9.17, 15) is 9.18 Å². The summed E-state index contributed by atoms with van der Waals surface area (Å²) >= 11 is 12.0. The first-order valence-electron chi connectivity index (χ1n) is 6.19. The first kappa shape index (κ1) is 18.0. The Bertz CT molecular complexity index is 528. The van der Waals surface area contributed by atoms with Gasteiger partial charge in [0.2, 0.25) is 0 Å². The highest BCUT2D eigenvalue weighted by atomic mass is 35.5. The average molecular weight is 352 g/mol. The molecule has 0 heterocycles. The molecule has 0 saturated heterocycles. The van der Waals surface area contributed by atoms with Gasteiger partial charge in [0.1, 0.15) is 5.82 Å². The lowest BCUT2D eigenvalue weighted by Crippen LogP contribution is -2.14. The molecular weight excluding hydrogens is 337 g/mol. The first-order chi connectivity index (χ1) is 9.97. The molecule has 1 N–H and O–H groups in total. The average Bonchev–Trinajstić information content (AvgIpc) is 2.41. The maximum absolute atomic E-state index is 13.8. The van der Waals surface area contributed by atoms with E-state index >= 15 is 0 Å². The zero-order valence-corrected chi connectivity index (χ0v) is 14.0. The maximum Gasteiger partial charge on any atom is 0.316 e. The number of hydrogen-bond acceptors (Lipinski definition) is 5. The molecule has 0 aliphatic rings. The van der Waals surface area contributed by atoms with Crippen molar-refractivity contribution < 1.29 is 18.7 Å². The molecule has 0 fully saturated rings. The van der Waals surface area contributed by atoms with Crippen molar-refractivity contribution in [3.05, 3.63) is 23.0 Å². The Kier molecular flexibility index (Phi) is 7.77. The number of thiocarbonyl (C=S) groups is 1. The molecule has 0 aromatic heterocycles. The summed E-state index contributed by atoms with van der Waals surface area (Å²) in [5.41, 5.74) is 0.143. The van der Waals surface area contributed by atoms with Crippen LogP contribution in [0.3, 0.4) is 0 Å². The van der Waals surface area contributed by atoms with Crippen molar-refractivity contribution in [2.24, 2.45) is 0 Å². The van der Waals surface area contributed by atoms with Crippen LogP contribution >= 0.6 is 35.6 Å². The summed E-state index contributed by atoms with van der Waals surface area (Å²) in [5.74, 6) is -0.820. The normalized spacial score (nSPS) is 10.1. The van der Waals surface area contributed by atoms with Gasteiger partial charge < -0.3 is 14.8 Å². The van der Waals surface area contributed by atoms with E-state index in [2.05, 4.69) is 5.32 Å². The van der Waals surface area contributed by atoms with Gasteiger partial charge in [0.25, 0.3) is 5.17 Å². The van der Waals surface area contributed by atoms with Crippen LogP contribution in [-0.2, 0) is 14.3 Å². The van der Waals surface area contributed by atoms with Crippen LogP contribution in [0.2, 0.25) is 5.02 Å². The van der Waals surface area contributed by atoms with Gasteiger partial charge in [-0.25, -0.2) is 4.39 Å². The van der Waals surface area contributed by atoms with Gasteiger partial charge in [-0.2, -0.15) is 0 Å². The van der Waals surface area contributed by atoms with E-state index in [-0.39, 0.29) is 27.6 Å². The fraction of sp³-hybridized carbons (Fsp3) is 0.385. The summed E-state index contributed by atoms with van der Waals surface area (Å²) < 4.78 is 23.6. The number of thioether (sulfide) groups is 1. The maximum atomic E-state index is 13.8. The van der Waals surface area contributed by atoms with Crippen LogP contribution in [0.5, 0.6) is 0 Å². The van der Waals surface area contributed by atoms with Gasteiger partial charge in [-0.05, 0) is 38.2 Å². The van der Waals surface area contributed by atoms with Gasteiger partial charge in [-0.15, -0.1) is 11.8 Å². The van der Waals surface area contributed by atoms with Crippen LogP contribution in [0, 0.1) is 5.82 Å². The molecule has 0 aliphatic heterocycles. The molecule has 0 aliphatic carbocycles. The number of nitrogens with one attached hydrogen (secondary N) is 1. The molecule has 1 aromatic rings. The van der Waals surface area contributed by atoms with E-state index in [0.717, 1.165) is 17.8 Å². The van der Waals surface area contributed by atoms with Crippen molar-refractivity contribution in [2.75, 3.05) is 24.3 Å². The summed E-state index contributed by atoms with van der Waals surface area (Å²) in [6.45, 7) is 4.19. The van der Waals surface area contributed by atoms with Gasteiger partial charge >= 0.3 is 5.97 Å². The Balaban J connectivity index is 2.80. The first-order valence-corrected chi connectivity index (χ1v) is 7.96. The number of halogens is 2. The third-order valence-electron chi connectivity index (χ3n) is 2.18. The molecule has 0 unspecified atom stereocenters. The second-order valence-electron chi connectivity index (χ2n) is 3.70. The third-order valence-corrected chi connectivity index (χ3v) is 3.86. The van der Waals surface area contributed by atoms with E-state index in [1.54, 1.807) is 13.8 Å². The van der Waals surface area contributed by atoms with Gasteiger partial charge in [0, 0.05) is 4.90 Å². The predicted molar refractivity (Wildman–Crippen MR) is 86.6 cm³/mol. The van der Waals surface area contributed by atoms with Crippen molar-refractivity contribution in [3.8, 4) is 0 Å². The monoisotopic (exact) mass is 351 g/mol. The summed E-state index contributed by atoms with van der Waals surface area (Å²) in [6.07, 6.45) is 0. The van der Waals surface area contributed by atoms with Gasteiger partial charge in [0.15, 0.2) is 0 Å². The number of ether oxygens (including phenoxy) is 2. The van der Waals surface area contributed by atoms with Crippen LogP contribution in [-0.4, -0.2) is 30.1 Å². The summed E-state index contributed by atoms with van der Waals surface area (Å²) in [6, 6.07) is 2.64. The molecule has 21 heavy (non-hydrogen) atoms. The van der Waals surface area contributed by atoms with Gasteiger partial charge in [0.05, 0.1) is 29.7 Å². The molecule has 0 radical (unpaired) electrons. The van der Waals surface area contributed by atoms with Gasteiger partial charge in [-0.1, -0.05) is 11.6 Å². The number of anilines is 1. The predicted octanol–water partition coefficient (Wildman–Crippen LogP) is 3.87. The minimum atomic E-state index is -0.553. The van der Waals surface area contributed by atoms with Crippen molar-refractivity contribution in [1.82, 2.24) is 0 Å². The Hall–Kier alpha value is -1.05. The third kappa shape index (κ3) is 6.07. The molecule has 0 saturated carbocycles. The lowest BCUT2D eigenvalue weighted by atomic mass is 10.3. The molecule has 0 spiro atoms. The molecule has 4 nitrogen and oxygen atoms in total. The molecule has 8 heteroatoms. The lowest BCUT2D eigenvalue weighted by Gasteiger charge is -2.11. The van der Waals surface area contributed by atoms with Crippen LogP contribution in [0.25, 0.3) is 0 Å². The second-order valence-corrected chi connectivity index (χ2v) is 5.50. The summed E-state index contributed by atoms with van der Waals surface area (Å²) in [5, 5.41) is 2.92. The molecular formula is C13H15ClFNO3S2. The number of rotatable bonds is 6. The van der Waals surface area contributed by atoms with Crippen molar-refractivity contribution in [3.63, 3.8) is 0 Å². The Morgan fingerprint density at radius 2 is 2.05 bits per heavy atom. The fourth-order valence-electron chi connectivity index (χ4n) is 1.35. The van der Waals surface area contributed by atoms with Crippen LogP contribution in [0.4, 0.5) is 10.1 Å². The van der Waals surface area contributed by atoms with Crippen molar-refractivity contribution in [1.29, 1.82) is 0 Å². The highest BCUT2D eigenvalue weighted by Gasteiger charge is 2.12.